The summed E-state index contributed by atoms with van der Waals surface area (Å²) in [4.78, 5) is 0.241. The van der Waals surface area contributed by atoms with Crippen LogP contribution in [0.2, 0.25) is 0 Å². The van der Waals surface area contributed by atoms with Crippen LogP contribution < -0.4 is 9.46 Å². The van der Waals surface area contributed by atoms with E-state index in [4.69, 9.17) is 4.74 Å². The number of sulfonamides is 1. The van der Waals surface area contributed by atoms with Crippen LogP contribution in [0.15, 0.2) is 83.8 Å². The Bertz CT molecular complexity index is 952. The Hall–Kier alpha value is -2.79. The Morgan fingerprint density at radius 2 is 1.58 bits per heavy atom. The van der Waals surface area contributed by atoms with E-state index in [2.05, 4.69) is 4.72 Å². The molecular weight excluding hydrogens is 346 g/mol. The summed E-state index contributed by atoms with van der Waals surface area (Å²) in [5.41, 5.74) is 2.62. The molecule has 0 aromatic heterocycles. The molecule has 3 aromatic carbocycles. The van der Waals surface area contributed by atoms with Crippen molar-refractivity contribution >= 4 is 15.7 Å². The average Bonchev–Trinajstić information content (AvgIpc) is 2.67. The van der Waals surface area contributed by atoms with Crippen LogP contribution in [0.4, 0.5) is 5.69 Å². The lowest BCUT2D eigenvalue weighted by Crippen LogP contribution is -2.13. The van der Waals surface area contributed by atoms with Crippen LogP contribution >= 0.6 is 0 Å². The van der Waals surface area contributed by atoms with Gasteiger partial charge in [-0.15, -0.1) is 0 Å². The molecule has 134 valence electrons. The van der Waals surface area contributed by atoms with E-state index in [9.17, 15) is 8.42 Å². The highest BCUT2D eigenvalue weighted by Gasteiger charge is 2.14. The van der Waals surface area contributed by atoms with Crippen molar-refractivity contribution in [1.29, 1.82) is 0 Å². The van der Waals surface area contributed by atoms with Gasteiger partial charge in [-0.05, 0) is 41.8 Å². The third-order valence-corrected chi connectivity index (χ3v) is 5.37. The highest BCUT2D eigenvalue weighted by atomic mass is 32.2. The summed E-state index contributed by atoms with van der Waals surface area (Å²) in [5.74, 6) is 0.607. The number of hydrogen-bond donors (Lipinski definition) is 1. The van der Waals surface area contributed by atoms with Crippen molar-refractivity contribution in [3.05, 3.63) is 90.0 Å². The van der Waals surface area contributed by atoms with E-state index < -0.39 is 10.0 Å². The largest absolute Gasteiger partial charge is 0.489 e. The summed E-state index contributed by atoms with van der Waals surface area (Å²) in [6.45, 7) is 2.46. The number of rotatable bonds is 7. The summed E-state index contributed by atoms with van der Waals surface area (Å²) in [6.07, 6.45) is 0.870. The molecule has 3 rings (SSSR count). The first-order chi connectivity index (χ1) is 12.6. The topological polar surface area (TPSA) is 55.4 Å². The minimum absolute atomic E-state index is 0.241. The molecule has 0 unspecified atom stereocenters. The Labute approximate surface area is 154 Å². The number of benzene rings is 3. The molecule has 0 heterocycles. The normalized spacial score (nSPS) is 11.1. The van der Waals surface area contributed by atoms with Crippen LogP contribution in [0.1, 0.15) is 18.1 Å². The van der Waals surface area contributed by atoms with Crippen molar-refractivity contribution in [3.8, 4) is 5.75 Å². The number of nitrogens with one attached hydrogen (secondary N) is 1. The van der Waals surface area contributed by atoms with Gasteiger partial charge in [0, 0.05) is 6.07 Å². The first-order valence-electron chi connectivity index (χ1n) is 8.45. The van der Waals surface area contributed by atoms with Crippen LogP contribution in [0.5, 0.6) is 5.75 Å². The lowest BCUT2D eigenvalue weighted by Gasteiger charge is -2.11. The maximum absolute atomic E-state index is 12.5. The average molecular weight is 367 g/mol. The van der Waals surface area contributed by atoms with Gasteiger partial charge in [-0.2, -0.15) is 0 Å². The number of aryl methyl sites for hydroxylation is 1. The van der Waals surface area contributed by atoms with Gasteiger partial charge in [0.05, 0.1) is 10.6 Å². The van der Waals surface area contributed by atoms with Gasteiger partial charge in [0.15, 0.2) is 0 Å². The summed E-state index contributed by atoms with van der Waals surface area (Å²) in [6, 6.07) is 23.7. The van der Waals surface area contributed by atoms with Crippen LogP contribution in [0.3, 0.4) is 0 Å². The van der Waals surface area contributed by atoms with E-state index in [1.807, 2.05) is 49.4 Å². The van der Waals surface area contributed by atoms with Gasteiger partial charge in [-0.3, -0.25) is 4.72 Å². The molecule has 5 heteroatoms. The summed E-state index contributed by atoms with van der Waals surface area (Å²) in [7, 11) is -3.63. The molecule has 1 N–H and O–H groups in total. The summed E-state index contributed by atoms with van der Waals surface area (Å²) < 4.78 is 33.4. The Kier molecular flexibility index (Phi) is 5.58. The maximum Gasteiger partial charge on any atom is 0.261 e. The second-order valence-electron chi connectivity index (χ2n) is 5.91. The zero-order valence-corrected chi connectivity index (χ0v) is 15.4. The van der Waals surface area contributed by atoms with Crippen molar-refractivity contribution in [2.45, 2.75) is 24.8 Å². The van der Waals surface area contributed by atoms with Crippen molar-refractivity contribution < 1.29 is 13.2 Å². The number of anilines is 1. The van der Waals surface area contributed by atoms with Gasteiger partial charge in [-0.25, -0.2) is 8.42 Å². The molecular formula is C21H21NO3S. The van der Waals surface area contributed by atoms with E-state index in [1.165, 1.54) is 0 Å². The number of hydrogen-bond acceptors (Lipinski definition) is 3. The lowest BCUT2D eigenvalue weighted by molar-refractivity contribution is 0.306. The molecule has 0 atom stereocenters. The van der Waals surface area contributed by atoms with Crippen LogP contribution in [-0.2, 0) is 23.1 Å². The predicted molar refractivity (Wildman–Crippen MR) is 104 cm³/mol. The third kappa shape index (κ3) is 4.64. The van der Waals surface area contributed by atoms with Crippen LogP contribution in [0, 0.1) is 0 Å². The number of ether oxygens (including phenoxy) is 1. The zero-order valence-electron chi connectivity index (χ0n) is 14.6. The molecule has 0 radical (unpaired) electrons. The molecule has 0 aliphatic carbocycles. The minimum atomic E-state index is -3.63. The van der Waals surface area contributed by atoms with Crippen LogP contribution in [-0.4, -0.2) is 8.42 Å². The molecule has 0 saturated carbocycles. The SMILES string of the molecule is CCc1ccc(S(=O)(=O)Nc2cccc(OCc3ccccc3)c2)cc1. The van der Waals surface area contributed by atoms with E-state index in [0.717, 1.165) is 17.5 Å². The van der Waals surface area contributed by atoms with Crippen molar-refractivity contribution in [1.82, 2.24) is 0 Å². The molecule has 0 saturated heterocycles. The highest BCUT2D eigenvalue weighted by Crippen LogP contribution is 2.22. The van der Waals surface area contributed by atoms with Crippen molar-refractivity contribution in [2.75, 3.05) is 4.72 Å². The first kappa shape index (κ1) is 18.0. The molecule has 0 bridgehead atoms. The van der Waals surface area contributed by atoms with Gasteiger partial charge >= 0.3 is 0 Å². The predicted octanol–water partition coefficient (Wildman–Crippen LogP) is 4.63. The van der Waals surface area contributed by atoms with Crippen molar-refractivity contribution in [3.63, 3.8) is 0 Å². The summed E-state index contributed by atoms with van der Waals surface area (Å²) >= 11 is 0. The smallest absolute Gasteiger partial charge is 0.261 e. The van der Waals surface area contributed by atoms with Crippen LogP contribution in [0.25, 0.3) is 0 Å². The first-order valence-corrected chi connectivity index (χ1v) is 9.94. The Balaban J connectivity index is 1.71. The quantitative estimate of drug-likeness (QED) is 0.662. The van der Waals surface area contributed by atoms with Gasteiger partial charge in [0.1, 0.15) is 12.4 Å². The maximum atomic E-state index is 12.5. The standard InChI is InChI=1S/C21H21NO3S/c1-2-17-11-13-21(14-12-17)26(23,24)22-19-9-6-10-20(15-19)25-16-18-7-4-3-5-8-18/h3-15,22H,2,16H2,1H3. The second kappa shape index (κ2) is 8.06. The van der Waals surface area contributed by atoms with E-state index in [-0.39, 0.29) is 4.90 Å². The monoisotopic (exact) mass is 367 g/mol. The molecule has 26 heavy (non-hydrogen) atoms. The highest BCUT2D eigenvalue weighted by molar-refractivity contribution is 7.92. The molecule has 0 aliphatic heterocycles. The van der Waals surface area contributed by atoms with Gasteiger partial charge in [0.2, 0.25) is 0 Å². The lowest BCUT2D eigenvalue weighted by atomic mass is 10.2. The van der Waals surface area contributed by atoms with E-state index in [1.54, 1.807) is 36.4 Å². The van der Waals surface area contributed by atoms with Gasteiger partial charge < -0.3 is 4.74 Å². The van der Waals surface area contributed by atoms with E-state index >= 15 is 0 Å². The van der Waals surface area contributed by atoms with Gasteiger partial charge in [0.25, 0.3) is 10.0 Å². The van der Waals surface area contributed by atoms with E-state index in [0.29, 0.717) is 18.0 Å². The third-order valence-electron chi connectivity index (χ3n) is 3.98. The fourth-order valence-electron chi connectivity index (χ4n) is 2.51. The molecule has 0 amide bonds. The minimum Gasteiger partial charge on any atom is -0.489 e. The molecule has 0 aliphatic rings. The fourth-order valence-corrected chi connectivity index (χ4v) is 3.56. The fraction of sp³-hybridized carbons (Fsp3) is 0.143. The Morgan fingerprint density at radius 1 is 0.846 bits per heavy atom. The van der Waals surface area contributed by atoms with Gasteiger partial charge in [-0.1, -0.05) is 55.5 Å². The second-order valence-corrected chi connectivity index (χ2v) is 7.59. The molecule has 4 nitrogen and oxygen atoms in total. The van der Waals surface area contributed by atoms with Crippen molar-refractivity contribution in [2.24, 2.45) is 0 Å². The zero-order chi connectivity index (χ0) is 18.4. The molecule has 0 fully saturated rings. The molecule has 0 spiro atoms. The Morgan fingerprint density at radius 3 is 2.27 bits per heavy atom. The summed E-state index contributed by atoms with van der Waals surface area (Å²) in [5, 5.41) is 0. The molecule has 3 aromatic rings.